The van der Waals surface area contributed by atoms with Gasteiger partial charge in [0.25, 0.3) is 0 Å². The molecular weight excluding hydrogens is 220 g/mol. The fourth-order valence-electron chi connectivity index (χ4n) is 1.66. The smallest absolute Gasteiger partial charge is 0.0628 e. The molecule has 0 fully saturated rings. The van der Waals surface area contributed by atoms with Crippen LogP contribution in [-0.4, -0.2) is 15.7 Å². The number of hydrogen-bond donors (Lipinski definition) is 0. The molecule has 0 aliphatic rings. The summed E-state index contributed by atoms with van der Waals surface area (Å²) in [5.41, 5.74) is 1.17. The standard InChI is InChI=1S/C13H23ClN2/c1-5-11(4)16-7-6-13(15-16)8-12(9-14)10(2)3/h6-7,10-12H,5,8-9H2,1-4H3. The van der Waals surface area contributed by atoms with Crippen molar-refractivity contribution in [3.8, 4) is 0 Å². The fraction of sp³-hybridized carbons (Fsp3) is 0.769. The van der Waals surface area contributed by atoms with Gasteiger partial charge in [-0.05, 0) is 37.7 Å². The number of nitrogens with zero attached hydrogens (tertiary/aromatic N) is 2. The Morgan fingerprint density at radius 2 is 2.06 bits per heavy atom. The van der Waals surface area contributed by atoms with Crippen LogP contribution in [0.15, 0.2) is 12.3 Å². The van der Waals surface area contributed by atoms with Crippen LogP contribution in [-0.2, 0) is 6.42 Å². The molecule has 0 aromatic carbocycles. The van der Waals surface area contributed by atoms with E-state index in [1.165, 1.54) is 5.69 Å². The van der Waals surface area contributed by atoms with Crippen LogP contribution >= 0.6 is 11.6 Å². The molecule has 0 amide bonds. The van der Waals surface area contributed by atoms with Crippen molar-refractivity contribution in [3.63, 3.8) is 0 Å². The Morgan fingerprint density at radius 1 is 1.38 bits per heavy atom. The van der Waals surface area contributed by atoms with E-state index >= 15 is 0 Å². The van der Waals surface area contributed by atoms with Crippen molar-refractivity contribution >= 4 is 11.6 Å². The Bertz CT molecular complexity index is 307. The minimum atomic E-state index is 0.488. The SMILES string of the molecule is CCC(C)n1ccc(CC(CCl)C(C)C)n1. The van der Waals surface area contributed by atoms with E-state index in [9.17, 15) is 0 Å². The first-order chi connectivity index (χ1) is 7.58. The lowest BCUT2D eigenvalue weighted by Gasteiger charge is -2.16. The van der Waals surface area contributed by atoms with E-state index in [0.29, 0.717) is 23.8 Å². The maximum atomic E-state index is 5.97. The summed E-state index contributed by atoms with van der Waals surface area (Å²) in [6.45, 7) is 8.82. The van der Waals surface area contributed by atoms with Crippen LogP contribution < -0.4 is 0 Å². The second-order valence-corrected chi connectivity index (χ2v) is 5.22. The minimum absolute atomic E-state index is 0.488. The van der Waals surface area contributed by atoms with Gasteiger partial charge in [0, 0.05) is 18.1 Å². The van der Waals surface area contributed by atoms with Crippen molar-refractivity contribution in [1.82, 2.24) is 9.78 Å². The van der Waals surface area contributed by atoms with Crippen molar-refractivity contribution in [2.24, 2.45) is 11.8 Å². The van der Waals surface area contributed by atoms with Crippen molar-refractivity contribution in [3.05, 3.63) is 18.0 Å². The summed E-state index contributed by atoms with van der Waals surface area (Å²) in [5.74, 6) is 1.86. The van der Waals surface area contributed by atoms with Gasteiger partial charge in [-0.25, -0.2) is 0 Å². The van der Waals surface area contributed by atoms with Gasteiger partial charge in [-0.2, -0.15) is 5.10 Å². The van der Waals surface area contributed by atoms with Crippen molar-refractivity contribution in [2.75, 3.05) is 5.88 Å². The number of rotatable bonds is 6. The Kier molecular flexibility index (Phi) is 5.33. The van der Waals surface area contributed by atoms with Crippen molar-refractivity contribution in [1.29, 1.82) is 0 Å². The Morgan fingerprint density at radius 3 is 2.56 bits per heavy atom. The molecule has 1 aromatic rings. The van der Waals surface area contributed by atoms with E-state index in [2.05, 4.69) is 49.7 Å². The zero-order chi connectivity index (χ0) is 12.1. The molecule has 0 saturated carbocycles. The van der Waals surface area contributed by atoms with Crippen LogP contribution in [0.1, 0.15) is 45.9 Å². The number of alkyl halides is 1. The summed E-state index contributed by atoms with van der Waals surface area (Å²) >= 11 is 5.97. The van der Waals surface area contributed by atoms with Gasteiger partial charge >= 0.3 is 0 Å². The zero-order valence-corrected chi connectivity index (χ0v) is 11.5. The molecule has 0 aliphatic heterocycles. The molecule has 1 rings (SSSR count). The third-order valence-electron chi connectivity index (χ3n) is 3.32. The molecular formula is C13H23ClN2. The summed E-state index contributed by atoms with van der Waals surface area (Å²) in [7, 11) is 0. The molecule has 1 heterocycles. The molecule has 0 spiro atoms. The molecule has 2 atom stereocenters. The lowest BCUT2D eigenvalue weighted by molar-refractivity contribution is 0.411. The number of hydrogen-bond acceptors (Lipinski definition) is 1. The number of halogens is 1. The normalized spacial score (nSPS) is 15.4. The van der Waals surface area contributed by atoms with Crippen LogP contribution in [0.4, 0.5) is 0 Å². The molecule has 92 valence electrons. The van der Waals surface area contributed by atoms with Gasteiger partial charge in [0.2, 0.25) is 0 Å². The van der Waals surface area contributed by atoms with Gasteiger partial charge in [-0.3, -0.25) is 4.68 Å². The maximum absolute atomic E-state index is 5.97. The van der Waals surface area contributed by atoms with E-state index in [1.54, 1.807) is 0 Å². The van der Waals surface area contributed by atoms with Gasteiger partial charge in [-0.1, -0.05) is 20.8 Å². The summed E-state index contributed by atoms with van der Waals surface area (Å²) < 4.78 is 2.06. The van der Waals surface area contributed by atoms with Crippen molar-refractivity contribution in [2.45, 2.75) is 46.6 Å². The first-order valence-electron chi connectivity index (χ1n) is 6.18. The summed E-state index contributed by atoms with van der Waals surface area (Å²) in [6.07, 6.45) is 4.18. The number of aromatic nitrogens is 2. The highest BCUT2D eigenvalue weighted by atomic mass is 35.5. The second kappa shape index (κ2) is 6.29. The molecule has 0 aliphatic carbocycles. The molecule has 2 unspecified atom stereocenters. The first-order valence-corrected chi connectivity index (χ1v) is 6.71. The predicted octanol–water partition coefficient (Wildman–Crippen LogP) is 3.91. The topological polar surface area (TPSA) is 17.8 Å². The van der Waals surface area contributed by atoms with E-state index in [-0.39, 0.29) is 0 Å². The maximum Gasteiger partial charge on any atom is 0.0628 e. The molecule has 1 aromatic heterocycles. The van der Waals surface area contributed by atoms with Crippen LogP contribution in [0.3, 0.4) is 0 Å². The lowest BCUT2D eigenvalue weighted by Crippen LogP contribution is -2.14. The largest absolute Gasteiger partial charge is 0.270 e. The van der Waals surface area contributed by atoms with Gasteiger partial charge in [0.15, 0.2) is 0 Å². The highest BCUT2D eigenvalue weighted by Gasteiger charge is 2.14. The summed E-state index contributed by atoms with van der Waals surface area (Å²) in [5, 5.41) is 4.61. The van der Waals surface area contributed by atoms with Crippen LogP contribution in [0, 0.1) is 11.8 Å². The van der Waals surface area contributed by atoms with E-state index in [0.717, 1.165) is 12.8 Å². The lowest BCUT2D eigenvalue weighted by atomic mass is 9.93. The Hall–Kier alpha value is -0.500. The third kappa shape index (κ3) is 3.51. The first kappa shape index (κ1) is 13.6. The second-order valence-electron chi connectivity index (χ2n) is 4.91. The van der Waals surface area contributed by atoms with Gasteiger partial charge in [0.1, 0.15) is 0 Å². The average Bonchev–Trinajstić information content (AvgIpc) is 2.72. The van der Waals surface area contributed by atoms with Crippen LogP contribution in [0.2, 0.25) is 0 Å². The van der Waals surface area contributed by atoms with Gasteiger partial charge in [0.05, 0.1) is 5.69 Å². The van der Waals surface area contributed by atoms with E-state index in [4.69, 9.17) is 11.6 Å². The molecule has 0 radical (unpaired) electrons. The van der Waals surface area contributed by atoms with Gasteiger partial charge in [-0.15, -0.1) is 11.6 Å². The quantitative estimate of drug-likeness (QED) is 0.692. The molecule has 3 heteroatoms. The fourth-order valence-corrected chi connectivity index (χ4v) is 2.12. The third-order valence-corrected chi connectivity index (χ3v) is 3.71. The van der Waals surface area contributed by atoms with Crippen LogP contribution in [0.25, 0.3) is 0 Å². The Labute approximate surface area is 104 Å². The molecule has 0 N–H and O–H groups in total. The van der Waals surface area contributed by atoms with E-state index < -0.39 is 0 Å². The Balaban J connectivity index is 2.64. The monoisotopic (exact) mass is 242 g/mol. The van der Waals surface area contributed by atoms with Gasteiger partial charge < -0.3 is 0 Å². The molecule has 16 heavy (non-hydrogen) atoms. The summed E-state index contributed by atoms with van der Waals surface area (Å²) in [6, 6.07) is 2.61. The predicted molar refractivity (Wildman–Crippen MR) is 70.0 cm³/mol. The van der Waals surface area contributed by atoms with Crippen LogP contribution in [0.5, 0.6) is 0 Å². The van der Waals surface area contributed by atoms with E-state index in [1.807, 2.05) is 0 Å². The summed E-state index contributed by atoms with van der Waals surface area (Å²) in [4.78, 5) is 0. The molecule has 0 bridgehead atoms. The zero-order valence-electron chi connectivity index (χ0n) is 10.8. The highest BCUT2D eigenvalue weighted by molar-refractivity contribution is 6.18. The molecule has 0 saturated heterocycles. The van der Waals surface area contributed by atoms with Crippen molar-refractivity contribution < 1.29 is 0 Å². The average molecular weight is 243 g/mol. The minimum Gasteiger partial charge on any atom is -0.270 e. The molecule has 2 nitrogen and oxygen atoms in total. The highest BCUT2D eigenvalue weighted by Crippen LogP contribution is 2.18.